The zero-order chi connectivity index (χ0) is 5.11. The van der Waals surface area contributed by atoms with E-state index in [4.69, 9.17) is 0 Å². The molecule has 8 heavy (non-hydrogen) atoms. The maximum atomic E-state index is 10.2. The van der Waals surface area contributed by atoms with Crippen LogP contribution in [0.1, 0.15) is 0 Å². The van der Waals surface area contributed by atoms with Crippen LogP contribution in [0.5, 0.6) is 0 Å². The van der Waals surface area contributed by atoms with Gasteiger partial charge in [0.1, 0.15) is 0 Å². The van der Waals surface area contributed by atoms with Gasteiger partial charge >= 0.3 is 51.4 Å². The molecule has 1 atom stereocenters. The van der Waals surface area contributed by atoms with E-state index in [0.29, 0.717) is 0 Å². The minimum absolute atomic E-state index is 0. The van der Waals surface area contributed by atoms with Crippen LogP contribution in [0, 0.1) is 0 Å². The fourth-order valence-corrected chi connectivity index (χ4v) is 0.368. The van der Waals surface area contributed by atoms with Crippen LogP contribution in [0.15, 0.2) is 24.5 Å². The predicted molar refractivity (Wildman–Crippen MR) is 23.2 cm³/mol. The topological polar surface area (TPSA) is 32.3 Å². The van der Waals surface area contributed by atoms with Crippen molar-refractivity contribution >= 4 is 0 Å². The normalized spacial score (nSPS) is 23.9. The summed E-state index contributed by atoms with van der Waals surface area (Å²) in [7, 11) is 0. The molecule has 1 heterocycles. The summed E-state index contributed by atoms with van der Waals surface area (Å²) < 4.78 is 4.45. The summed E-state index contributed by atoms with van der Waals surface area (Å²) >= 11 is 0. The summed E-state index contributed by atoms with van der Waals surface area (Å²) in [5, 5.41) is 10.2. The van der Waals surface area contributed by atoms with Gasteiger partial charge in [-0.2, -0.15) is 0 Å². The van der Waals surface area contributed by atoms with Crippen LogP contribution in [-0.2, 0) is 4.74 Å². The summed E-state index contributed by atoms with van der Waals surface area (Å²) in [4.78, 5) is 0. The Morgan fingerprint density at radius 2 is 2.12 bits per heavy atom. The van der Waals surface area contributed by atoms with Gasteiger partial charge in [-0.05, 0) is 6.08 Å². The van der Waals surface area contributed by atoms with Gasteiger partial charge in [0.25, 0.3) is 0 Å². The molecule has 0 spiro atoms. The van der Waals surface area contributed by atoms with E-state index in [2.05, 4.69) is 4.74 Å². The molecule has 0 bridgehead atoms. The van der Waals surface area contributed by atoms with Crippen LogP contribution in [0.4, 0.5) is 0 Å². The van der Waals surface area contributed by atoms with Crippen molar-refractivity contribution in [1.82, 2.24) is 0 Å². The first kappa shape index (κ1) is 8.88. The second-order valence-corrected chi connectivity index (χ2v) is 1.22. The van der Waals surface area contributed by atoms with Gasteiger partial charge < -0.3 is 9.84 Å². The van der Waals surface area contributed by atoms with E-state index in [1.165, 1.54) is 12.3 Å². The van der Waals surface area contributed by atoms with Gasteiger partial charge in [0.2, 0.25) is 0 Å². The molecule has 3 heteroatoms. The zero-order valence-electron chi connectivity index (χ0n) is 4.70. The molecular weight excluding hydrogens is 131 g/mol. The number of ether oxygens (including phenoxy) is 1. The summed E-state index contributed by atoms with van der Waals surface area (Å²) in [6.45, 7) is 0. The molecular formula is C5H5KO2. The van der Waals surface area contributed by atoms with Crippen LogP contribution < -0.4 is 56.5 Å². The number of hydrogen-bond acceptors (Lipinski definition) is 2. The number of rotatable bonds is 0. The van der Waals surface area contributed by atoms with Crippen molar-refractivity contribution in [1.29, 1.82) is 0 Å². The Hall–Kier alpha value is 0.876. The molecule has 0 amide bonds. The largest absolute Gasteiger partial charge is 1.00 e. The fraction of sp³-hybridized carbons (Fsp3) is 0.200. The minimum atomic E-state index is -0.981. The molecule has 0 aromatic carbocycles. The van der Waals surface area contributed by atoms with Gasteiger partial charge in [0, 0.05) is 6.29 Å². The number of hydrogen-bond donors (Lipinski definition) is 0. The summed E-state index contributed by atoms with van der Waals surface area (Å²) in [6.07, 6.45) is 5.19. The molecule has 2 nitrogen and oxygen atoms in total. The van der Waals surface area contributed by atoms with E-state index in [0.717, 1.165) is 0 Å². The molecule has 1 aliphatic rings. The van der Waals surface area contributed by atoms with Crippen molar-refractivity contribution in [2.45, 2.75) is 6.29 Å². The predicted octanol–water partition coefficient (Wildman–Crippen LogP) is -3.22. The minimum Gasteiger partial charge on any atom is -0.818 e. The third kappa shape index (κ3) is 3.01. The Bertz CT molecular complexity index is 109. The Morgan fingerprint density at radius 1 is 1.38 bits per heavy atom. The van der Waals surface area contributed by atoms with Gasteiger partial charge in [-0.15, -0.1) is 0 Å². The molecule has 0 fully saturated rings. The fourth-order valence-electron chi connectivity index (χ4n) is 0.368. The summed E-state index contributed by atoms with van der Waals surface area (Å²) in [5.41, 5.74) is 0. The van der Waals surface area contributed by atoms with Crippen molar-refractivity contribution in [2.24, 2.45) is 0 Å². The average Bonchev–Trinajstić information content (AvgIpc) is 1.69. The third-order valence-corrected chi connectivity index (χ3v) is 0.671. The van der Waals surface area contributed by atoms with Crippen LogP contribution in [-0.4, -0.2) is 6.29 Å². The van der Waals surface area contributed by atoms with Crippen molar-refractivity contribution in [3.05, 3.63) is 24.5 Å². The average molecular weight is 136 g/mol. The molecule has 0 aromatic heterocycles. The molecule has 1 rings (SSSR count). The second-order valence-electron chi connectivity index (χ2n) is 1.22. The van der Waals surface area contributed by atoms with Gasteiger partial charge in [-0.3, -0.25) is 0 Å². The molecule has 0 N–H and O–H groups in total. The van der Waals surface area contributed by atoms with E-state index in [9.17, 15) is 5.11 Å². The van der Waals surface area contributed by atoms with Crippen LogP contribution >= 0.6 is 0 Å². The van der Waals surface area contributed by atoms with Crippen LogP contribution in [0.25, 0.3) is 0 Å². The standard InChI is InChI=1S/C5H5O2.K/c6-5-3-1-2-4-7-5;/h1-5H;/q-1;+1. The van der Waals surface area contributed by atoms with Crippen molar-refractivity contribution in [2.75, 3.05) is 0 Å². The summed E-state index contributed by atoms with van der Waals surface area (Å²) in [5.74, 6) is 0. The van der Waals surface area contributed by atoms with Crippen LogP contribution in [0.2, 0.25) is 0 Å². The van der Waals surface area contributed by atoms with Crippen molar-refractivity contribution in [3.63, 3.8) is 0 Å². The first-order chi connectivity index (χ1) is 3.39. The van der Waals surface area contributed by atoms with Gasteiger partial charge in [0.05, 0.1) is 6.26 Å². The zero-order valence-corrected chi connectivity index (χ0v) is 7.83. The maximum absolute atomic E-state index is 10.2. The van der Waals surface area contributed by atoms with Gasteiger partial charge in [-0.25, -0.2) is 0 Å². The number of allylic oxidation sites excluding steroid dienone is 2. The Morgan fingerprint density at radius 3 is 2.38 bits per heavy atom. The Balaban J connectivity index is 0.000000490. The molecule has 38 valence electrons. The molecule has 0 radical (unpaired) electrons. The molecule has 0 aromatic rings. The quantitative estimate of drug-likeness (QED) is 0.328. The van der Waals surface area contributed by atoms with E-state index in [1.54, 1.807) is 12.2 Å². The van der Waals surface area contributed by atoms with E-state index in [-0.39, 0.29) is 51.4 Å². The van der Waals surface area contributed by atoms with E-state index < -0.39 is 6.29 Å². The monoisotopic (exact) mass is 136 g/mol. The molecule has 0 aliphatic carbocycles. The van der Waals surface area contributed by atoms with E-state index >= 15 is 0 Å². The third-order valence-electron chi connectivity index (χ3n) is 0.671. The molecule has 0 saturated carbocycles. The second kappa shape index (κ2) is 4.73. The van der Waals surface area contributed by atoms with Crippen molar-refractivity contribution in [3.8, 4) is 0 Å². The Kier molecular flexibility index (Phi) is 5.24. The molecule has 0 saturated heterocycles. The van der Waals surface area contributed by atoms with Crippen LogP contribution in [0.3, 0.4) is 0 Å². The van der Waals surface area contributed by atoms with Gasteiger partial charge in [-0.1, -0.05) is 12.2 Å². The SMILES string of the molecule is [K+].[O-]C1C=CC=CO1. The van der Waals surface area contributed by atoms with E-state index in [1.807, 2.05) is 0 Å². The first-order valence-corrected chi connectivity index (χ1v) is 2.04. The first-order valence-electron chi connectivity index (χ1n) is 2.04. The van der Waals surface area contributed by atoms with Gasteiger partial charge in [0.15, 0.2) is 0 Å². The molecule has 1 aliphatic heterocycles. The summed E-state index contributed by atoms with van der Waals surface area (Å²) in [6, 6.07) is 0. The Labute approximate surface area is 90.6 Å². The molecule has 1 unspecified atom stereocenters. The smallest absolute Gasteiger partial charge is 0.818 e. The van der Waals surface area contributed by atoms with Crippen molar-refractivity contribution < 1.29 is 61.2 Å². The maximum Gasteiger partial charge on any atom is 1.00 e.